The maximum absolute atomic E-state index is 14.5. The van der Waals surface area contributed by atoms with Gasteiger partial charge in [-0.25, -0.2) is 9.07 Å². The SMILES string of the molecule is COc1ccc(C)cc1-n1ccc(C(=O)Nc2ccc(N3CCCC3)c(F)c2)n1. The maximum atomic E-state index is 14.5. The predicted octanol–water partition coefficient (Wildman–Crippen LogP) is 4.18. The van der Waals surface area contributed by atoms with E-state index < -0.39 is 5.91 Å². The van der Waals surface area contributed by atoms with Crippen molar-refractivity contribution in [3.05, 3.63) is 65.7 Å². The molecule has 0 bridgehead atoms. The van der Waals surface area contributed by atoms with Crippen LogP contribution in [0.1, 0.15) is 28.9 Å². The van der Waals surface area contributed by atoms with Crippen LogP contribution < -0.4 is 15.0 Å². The molecule has 150 valence electrons. The molecule has 1 saturated heterocycles. The number of aryl methyl sites for hydroxylation is 1. The van der Waals surface area contributed by atoms with E-state index in [0.717, 1.165) is 37.2 Å². The Balaban J connectivity index is 1.51. The van der Waals surface area contributed by atoms with Gasteiger partial charge in [-0.1, -0.05) is 6.07 Å². The molecule has 1 aromatic heterocycles. The minimum Gasteiger partial charge on any atom is -0.494 e. The second-order valence-electron chi connectivity index (χ2n) is 7.14. The van der Waals surface area contributed by atoms with Gasteiger partial charge < -0.3 is 15.0 Å². The molecule has 29 heavy (non-hydrogen) atoms. The molecule has 1 amide bonds. The van der Waals surface area contributed by atoms with Crippen molar-refractivity contribution in [1.82, 2.24) is 9.78 Å². The molecule has 0 saturated carbocycles. The van der Waals surface area contributed by atoms with Crippen molar-refractivity contribution in [2.45, 2.75) is 19.8 Å². The molecule has 0 radical (unpaired) electrons. The number of anilines is 2. The topological polar surface area (TPSA) is 59.4 Å². The van der Waals surface area contributed by atoms with Crippen LogP contribution in [0.25, 0.3) is 5.69 Å². The minimum atomic E-state index is -0.399. The standard InChI is InChI=1S/C22H23FN4O2/c1-15-5-8-21(29-2)20(13-15)27-12-9-18(25-27)22(28)24-16-6-7-19(17(23)14-16)26-10-3-4-11-26/h5-9,12-14H,3-4,10-11H2,1-2H3,(H,24,28). The number of nitrogens with zero attached hydrogens (tertiary/aromatic N) is 3. The number of benzene rings is 2. The predicted molar refractivity (Wildman–Crippen MR) is 111 cm³/mol. The van der Waals surface area contributed by atoms with Gasteiger partial charge in [0.1, 0.15) is 17.3 Å². The summed E-state index contributed by atoms with van der Waals surface area (Å²) in [6.45, 7) is 3.70. The number of hydrogen-bond donors (Lipinski definition) is 1. The first-order valence-corrected chi connectivity index (χ1v) is 9.62. The number of carbonyl (C=O) groups is 1. The molecule has 1 aliphatic heterocycles. The normalized spacial score (nSPS) is 13.6. The van der Waals surface area contributed by atoms with Crippen molar-refractivity contribution in [1.29, 1.82) is 0 Å². The van der Waals surface area contributed by atoms with Gasteiger partial charge in [-0.15, -0.1) is 0 Å². The van der Waals surface area contributed by atoms with E-state index >= 15 is 0 Å². The van der Waals surface area contributed by atoms with Gasteiger partial charge in [-0.3, -0.25) is 4.79 Å². The van der Waals surface area contributed by atoms with Crippen molar-refractivity contribution < 1.29 is 13.9 Å². The highest BCUT2D eigenvalue weighted by atomic mass is 19.1. The van der Waals surface area contributed by atoms with Crippen molar-refractivity contribution in [3.8, 4) is 11.4 Å². The average molecular weight is 394 g/mol. The number of nitrogens with one attached hydrogen (secondary N) is 1. The van der Waals surface area contributed by atoms with E-state index in [1.165, 1.54) is 6.07 Å². The summed E-state index contributed by atoms with van der Waals surface area (Å²) in [5.41, 5.74) is 3.01. The molecule has 2 heterocycles. The molecule has 1 fully saturated rings. The van der Waals surface area contributed by atoms with Crippen LogP contribution in [0.4, 0.5) is 15.8 Å². The van der Waals surface area contributed by atoms with Crippen molar-refractivity contribution in [3.63, 3.8) is 0 Å². The molecule has 1 N–H and O–H groups in total. The monoisotopic (exact) mass is 394 g/mol. The summed E-state index contributed by atoms with van der Waals surface area (Å²) in [5.74, 6) is -0.0753. The molecule has 4 rings (SSSR count). The zero-order chi connectivity index (χ0) is 20.4. The Morgan fingerprint density at radius 3 is 2.62 bits per heavy atom. The number of methoxy groups -OCH3 is 1. The van der Waals surface area contributed by atoms with Crippen molar-refractivity contribution in [2.24, 2.45) is 0 Å². The largest absolute Gasteiger partial charge is 0.494 e. The van der Waals surface area contributed by atoms with Gasteiger partial charge in [0, 0.05) is 25.0 Å². The molecule has 0 aliphatic carbocycles. The average Bonchev–Trinajstić information content (AvgIpc) is 3.40. The van der Waals surface area contributed by atoms with Crippen LogP contribution in [0, 0.1) is 12.7 Å². The zero-order valence-corrected chi connectivity index (χ0v) is 16.5. The van der Waals surface area contributed by atoms with E-state index in [-0.39, 0.29) is 11.5 Å². The molecule has 0 atom stereocenters. The van der Waals surface area contributed by atoms with Crippen molar-refractivity contribution in [2.75, 3.05) is 30.4 Å². The third-order valence-electron chi connectivity index (χ3n) is 5.06. The first-order chi connectivity index (χ1) is 14.0. The number of rotatable bonds is 5. The lowest BCUT2D eigenvalue weighted by Crippen LogP contribution is -2.19. The highest BCUT2D eigenvalue weighted by molar-refractivity contribution is 6.02. The maximum Gasteiger partial charge on any atom is 0.276 e. The van der Waals surface area contributed by atoms with Crippen LogP contribution in [0.5, 0.6) is 5.75 Å². The van der Waals surface area contributed by atoms with Crippen LogP contribution in [0.15, 0.2) is 48.7 Å². The number of amides is 1. The van der Waals surface area contributed by atoms with Crippen LogP contribution in [0.2, 0.25) is 0 Å². The first kappa shape index (κ1) is 19.0. The highest BCUT2D eigenvalue weighted by Crippen LogP contribution is 2.27. The quantitative estimate of drug-likeness (QED) is 0.705. The summed E-state index contributed by atoms with van der Waals surface area (Å²) in [4.78, 5) is 14.6. The lowest BCUT2D eigenvalue weighted by Gasteiger charge is -2.18. The van der Waals surface area contributed by atoms with E-state index in [4.69, 9.17) is 4.74 Å². The van der Waals surface area contributed by atoms with Crippen LogP contribution in [-0.2, 0) is 0 Å². The van der Waals surface area contributed by atoms with E-state index in [1.54, 1.807) is 36.2 Å². The van der Waals surface area contributed by atoms with E-state index in [9.17, 15) is 9.18 Å². The Kier molecular flexibility index (Phi) is 5.20. The summed E-state index contributed by atoms with van der Waals surface area (Å²) in [5, 5.41) is 7.07. The fraction of sp³-hybridized carbons (Fsp3) is 0.273. The molecule has 7 heteroatoms. The highest BCUT2D eigenvalue weighted by Gasteiger charge is 2.18. The number of carbonyl (C=O) groups excluding carboxylic acids is 1. The molecule has 3 aromatic rings. The summed E-state index contributed by atoms with van der Waals surface area (Å²) >= 11 is 0. The first-order valence-electron chi connectivity index (χ1n) is 9.62. The van der Waals surface area contributed by atoms with E-state index in [2.05, 4.69) is 10.4 Å². The fourth-order valence-electron chi connectivity index (χ4n) is 3.55. The smallest absolute Gasteiger partial charge is 0.276 e. The van der Waals surface area contributed by atoms with Gasteiger partial charge >= 0.3 is 0 Å². The second kappa shape index (κ2) is 7.95. The zero-order valence-electron chi connectivity index (χ0n) is 16.5. The number of ether oxygens (including phenoxy) is 1. The lowest BCUT2D eigenvalue weighted by molar-refractivity contribution is 0.102. The number of hydrogen-bond acceptors (Lipinski definition) is 4. The summed E-state index contributed by atoms with van der Waals surface area (Å²) < 4.78 is 21.4. The summed E-state index contributed by atoms with van der Waals surface area (Å²) in [7, 11) is 1.59. The molecule has 6 nitrogen and oxygen atoms in total. The Labute approximate surface area is 168 Å². The van der Waals surface area contributed by atoms with Crippen LogP contribution in [-0.4, -0.2) is 35.9 Å². The van der Waals surface area contributed by atoms with Gasteiger partial charge in [-0.05, 0) is 61.7 Å². The molecular weight excluding hydrogens is 371 g/mol. The fourth-order valence-corrected chi connectivity index (χ4v) is 3.55. The minimum absolute atomic E-state index is 0.234. The molecule has 0 unspecified atom stereocenters. The van der Waals surface area contributed by atoms with Crippen molar-refractivity contribution >= 4 is 17.3 Å². The Hall–Kier alpha value is -3.35. The molecule has 2 aromatic carbocycles. The van der Waals surface area contributed by atoms with Gasteiger partial charge in [0.2, 0.25) is 0 Å². The molecule has 1 aliphatic rings. The second-order valence-corrected chi connectivity index (χ2v) is 7.14. The Bertz CT molecular complexity index is 1040. The van der Waals surface area contributed by atoms with Gasteiger partial charge in [0.25, 0.3) is 5.91 Å². The van der Waals surface area contributed by atoms with Crippen LogP contribution >= 0.6 is 0 Å². The van der Waals surface area contributed by atoms with Gasteiger partial charge in [-0.2, -0.15) is 5.10 Å². The van der Waals surface area contributed by atoms with E-state index in [1.807, 2.05) is 30.0 Å². The lowest BCUT2D eigenvalue weighted by atomic mass is 10.2. The third-order valence-corrected chi connectivity index (χ3v) is 5.06. The van der Waals surface area contributed by atoms with Gasteiger partial charge in [0.15, 0.2) is 5.69 Å². The third kappa shape index (κ3) is 3.94. The number of halogens is 1. The number of aromatic nitrogens is 2. The Morgan fingerprint density at radius 1 is 1.10 bits per heavy atom. The molecule has 0 spiro atoms. The van der Waals surface area contributed by atoms with E-state index in [0.29, 0.717) is 17.1 Å². The summed E-state index contributed by atoms with van der Waals surface area (Å²) in [6.07, 6.45) is 3.85. The van der Waals surface area contributed by atoms with Gasteiger partial charge in [0.05, 0.1) is 12.8 Å². The summed E-state index contributed by atoms with van der Waals surface area (Å²) in [6, 6.07) is 12.1. The van der Waals surface area contributed by atoms with Crippen LogP contribution in [0.3, 0.4) is 0 Å². The Morgan fingerprint density at radius 2 is 1.90 bits per heavy atom. The molecular formula is C22H23FN4O2.